The Balaban J connectivity index is 1.87. The summed E-state index contributed by atoms with van der Waals surface area (Å²) in [5, 5.41) is 3.41. The zero-order valence-corrected chi connectivity index (χ0v) is 16.3. The van der Waals surface area contributed by atoms with Gasteiger partial charge in [0.1, 0.15) is 0 Å². The van der Waals surface area contributed by atoms with Crippen LogP contribution in [-0.2, 0) is 9.53 Å². The van der Waals surface area contributed by atoms with Crippen LogP contribution in [0.15, 0.2) is 4.99 Å². The van der Waals surface area contributed by atoms with E-state index in [9.17, 15) is 4.79 Å². The maximum atomic E-state index is 11.7. The van der Waals surface area contributed by atoms with Crippen molar-refractivity contribution >= 4 is 11.9 Å². The van der Waals surface area contributed by atoms with E-state index in [1.165, 1.54) is 7.11 Å². The number of carbonyl (C=O) groups is 1. The number of esters is 1. The van der Waals surface area contributed by atoms with Gasteiger partial charge in [0, 0.05) is 51.9 Å². The van der Waals surface area contributed by atoms with Crippen LogP contribution in [0.2, 0.25) is 0 Å². The molecule has 0 spiro atoms. The van der Waals surface area contributed by atoms with Gasteiger partial charge in [0.25, 0.3) is 0 Å². The van der Waals surface area contributed by atoms with Gasteiger partial charge in [0.05, 0.1) is 19.6 Å². The average molecular weight is 354 g/mol. The fourth-order valence-corrected chi connectivity index (χ4v) is 3.52. The van der Waals surface area contributed by atoms with Crippen LogP contribution in [0, 0.1) is 5.92 Å². The highest BCUT2D eigenvalue weighted by atomic mass is 16.5. The Hall–Kier alpha value is -1.34. The monoisotopic (exact) mass is 353 g/mol. The van der Waals surface area contributed by atoms with Crippen LogP contribution in [0.25, 0.3) is 0 Å². The van der Waals surface area contributed by atoms with Crippen LogP contribution in [0.3, 0.4) is 0 Å². The van der Waals surface area contributed by atoms with Gasteiger partial charge in [-0.15, -0.1) is 0 Å². The molecule has 0 aromatic rings. The molecule has 7 heteroatoms. The number of guanidine groups is 1. The van der Waals surface area contributed by atoms with E-state index >= 15 is 0 Å². The molecule has 2 saturated heterocycles. The van der Waals surface area contributed by atoms with Crippen LogP contribution in [0.4, 0.5) is 0 Å². The normalized spacial score (nSPS) is 22.7. The van der Waals surface area contributed by atoms with Crippen molar-refractivity contribution in [2.75, 3.05) is 66.5 Å². The SMILES string of the molecule is CCNC(=NCC(C)N1CCN(C)CC1)N1CCC(C(=O)OC)CC1. The number of ether oxygens (including phenoxy) is 1. The molecule has 2 aliphatic rings. The second-order valence-corrected chi connectivity index (χ2v) is 7.17. The number of aliphatic imine (C=N–C) groups is 1. The molecule has 0 saturated carbocycles. The molecule has 0 amide bonds. The number of piperazine rings is 1. The number of hydrogen-bond donors (Lipinski definition) is 1. The maximum absolute atomic E-state index is 11.7. The lowest BCUT2D eigenvalue weighted by molar-refractivity contribution is -0.146. The van der Waals surface area contributed by atoms with E-state index in [4.69, 9.17) is 9.73 Å². The molecule has 1 unspecified atom stereocenters. The lowest BCUT2D eigenvalue weighted by Crippen LogP contribution is -2.50. The van der Waals surface area contributed by atoms with Gasteiger partial charge in [-0.1, -0.05) is 0 Å². The van der Waals surface area contributed by atoms with Gasteiger partial charge >= 0.3 is 5.97 Å². The molecular formula is C18H35N5O2. The Morgan fingerprint density at radius 1 is 1.20 bits per heavy atom. The summed E-state index contributed by atoms with van der Waals surface area (Å²) in [4.78, 5) is 23.7. The Bertz CT molecular complexity index is 441. The minimum atomic E-state index is -0.0784. The quantitative estimate of drug-likeness (QED) is 0.441. The molecule has 1 N–H and O–H groups in total. The van der Waals surface area contributed by atoms with E-state index < -0.39 is 0 Å². The minimum Gasteiger partial charge on any atom is -0.469 e. The fraction of sp³-hybridized carbons (Fsp3) is 0.889. The first-order valence-corrected chi connectivity index (χ1v) is 9.58. The first-order valence-electron chi connectivity index (χ1n) is 9.58. The first-order chi connectivity index (χ1) is 12.0. The number of piperidine rings is 1. The zero-order chi connectivity index (χ0) is 18.2. The van der Waals surface area contributed by atoms with Gasteiger partial charge < -0.3 is 19.9 Å². The van der Waals surface area contributed by atoms with E-state index in [0.29, 0.717) is 6.04 Å². The summed E-state index contributed by atoms with van der Waals surface area (Å²) in [6.45, 7) is 12.2. The predicted octanol–water partition coefficient (Wildman–Crippen LogP) is 0.473. The third-order valence-corrected chi connectivity index (χ3v) is 5.33. The Morgan fingerprint density at radius 2 is 1.84 bits per heavy atom. The van der Waals surface area contributed by atoms with E-state index in [1.807, 2.05) is 0 Å². The molecule has 25 heavy (non-hydrogen) atoms. The second-order valence-electron chi connectivity index (χ2n) is 7.17. The molecule has 0 aromatic carbocycles. The topological polar surface area (TPSA) is 60.4 Å². The number of methoxy groups -OCH3 is 1. The second kappa shape index (κ2) is 9.97. The minimum absolute atomic E-state index is 0.0355. The van der Waals surface area contributed by atoms with Crippen LogP contribution in [0.5, 0.6) is 0 Å². The van der Waals surface area contributed by atoms with Crippen molar-refractivity contribution in [1.29, 1.82) is 0 Å². The lowest BCUT2D eigenvalue weighted by Gasteiger charge is -2.36. The molecule has 2 heterocycles. The summed E-state index contributed by atoms with van der Waals surface area (Å²) in [5.74, 6) is 0.936. The number of likely N-dealkylation sites (N-methyl/N-ethyl adjacent to an activating group) is 1. The van der Waals surface area contributed by atoms with Gasteiger partial charge in [-0.05, 0) is 33.7 Å². The number of carbonyl (C=O) groups excluding carboxylic acids is 1. The van der Waals surface area contributed by atoms with E-state index in [2.05, 4.69) is 40.9 Å². The Kier molecular flexibility index (Phi) is 7.96. The zero-order valence-electron chi connectivity index (χ0n) is 16.3. The maximum Gasteiger partial charge on any atom is 0.308 e. The summed E-state index contributed by atoms with van der Waals surface area (Å²) < 4.78 is 4.87. The van der Waals surface area contributed by atoms with Crippen LogP contribution >= 0.6 is 0 Å². The summed E-state index contributed by atoms with van der Waals surface area (Å²) in [6, 6.07) is 0.454. The molecule has 0 radical (unpaired) electrons. The van der Waals surface area contributed by atoms with Gasteiger partial charge in [-0.3, -0.25) is 14.7 Å². The van der Waals surface area contributed by atoms with Crippen molar-refractivity contribution in [3.63, 3.8) is 0 Å². The van der Waals surface area contributed by atoms with Gasteiger partial charge in [-0.25, -0.2) is 0 Å². The van der Waals surface area contributed by atoms with Crippen LogP contribution in [-0.4, -0.2) is 99.2 Å². The molecule has 0 bridgehead atoms. The molecule has 0 aromatic heterocycles. The van der Waals surface area contributed by atoms with Crippen LogP contribution < -0.4 is 5.32 Å². The molecule has 2 fully saturated rings. The fourth-order valence-electron chi connectivity index (χ4n) is 3.52. The summed E-state index contributed by atoms with van der Waals surface area (Å²) >= 11 is 0. The van der Waals surface area contributed by atoms with Crippen molar-refractivity contribution in [1.82, 2.24) is 20.0 Å². The number of rotatable bonds is 5. The number of hydrogen-bond acceptors (Lipinski definition) is 5. The van der Waals surface area contributed by atoms with Gasteiger partial charge in [-0.2, -0.15) is 0 Å². The van der Waals surface area contributed by atoms with Crippen LogP contribution in [0.1, 0.15) is 26.7 Å². The summed E-state index contributed by atoms with van der Waals surface area (Å²) in [6.07, 6.45) is 1.68. The Morgan fingerprint density at radius 3 is 2.40 bits per heavy atom. The van der Waals surface area contributed by atoms with Crippen molar-refractivity contribution in [2.24, 2.45) is 10.9 Å². The lowest BCUT2D eigenvalue weighted by atomic mass is 9.97. The highest BCUT2D eigenvalue weighted by molar-refractivity contribution is 5.80. The highest BCUT2D eigenvalue weighted by Crippen LogP contribution is 2.18. The summed E-state index contributed by atoms with van der Waals surface area (Å²) in [5.41, 5.74) is 0. The van der Waals surface area contributed by atoms with Crippen molar-refractivity contribution in [3.05, 3.63) is 0 Å². The predicted molar refractivity (Wildman–Crippen MR) is 101 cm³/mol. The molecule has 7 nitrogen and oxygen atoms in total. The van der Waals surface area contributed by atoms with Gasteiger partial charge in [0.2, 0.25) is 0 Å². The largest absolute Gasteiger partial charge is 0.469 e. The number of nitrogens with one attached hydrogen (secondary N) is 1. The molecule has 2 rings (SSSR count). The average Bonchev–Trinajstić information content (AvgIpc) is 2.65. The molecular weight excluding hydrogens is 318 g/mol. The van der Waals surface area contributed by atoms with Crippen molar-refractivity contribution in [3.8, 4) is 0 Å². The molecule has 2 aliphatic heterocycles. The third-order valence-electron chi connectivity index (χ3n) is 5.33. The third kappa shape index (κ3) is 5.85. The smallest absolute Gasteiger partial charge is 0.308 e. The number of likely N-dealkylation sites (tertiary alicyclic amines) is 1. The standard InChI is InChI=1S/C18H35N5O2/c1-5-19-18(23-8-6-16(7-9-23)17(24)25-4)20-14-15(2)22-12-10-21(3)11-13-22/h15-16H,5-14H2,1-4H3,(H,19,20). The Labute approximate surface area is 152 Å². The summed E-state index contributed by atoms with van der Waals surface area (Å²) in [7, 11) is 3.65. The molecule has 0 aliphatic carbocycles. The van der Waals surface area contributed by atoms with E-state index in [-0.39, 0.29) is 11.9 Å². The van der Waals surface area contributed by atoms with E-state index in [0.717, 1.165) is 71.2 Å². The first kappa shape index (κ1) is 20.0. The number of nitrogens with zero attached hydrogens (tertiary/aromatic N) is 4. The van der Waals surface area contributed by atoms with Crippen molar-refractivity contribution < 1.29 is 9.53 Å². The molecule has 1 atom stereocenters. The molecule has 144 valence electrons. The van der Waals surface area contributed by atoms with Gasteiger partial charge in [0.15, 0.2) is 5.96 Å². The van der Waals surface area contributed by atoms with Crippen molar-refractivity contribution in [2.45, 2.75) is 32.7 Å². The highest BCUT2D eigenvalue weighted by Gasteiger charge is 2.27. The van der Waals surface area contributed by atoms with E-state index in [1.54, 1.807) is 0 Å².